The predicted octanol–water partition coefficient (Wildman–Crippen LogP) is 2.03. The monoisotopic (exact) mass is 227 g/mol. The molecule has 0 unspecified atom stereocenters. The Morgan fingerprint density at radius 1 is 1.44 bits per heavy atom. The van der Waals surface area contributed by atoms with Gasteiger partial charge in [-0.25, -0.2) is 0 Å². The molecule has 16 heavy (non-hydrogen) atoms. The summed E-state index contributed by atoms with van der Waals surface area (Å²) in [6.45, 7) is 4.46. The lowest BCUT2D eigenvalue weighted by Crippen LogP contribution is -2.30. The number of nitrogens with zero attached hydrogens (tertiary/aromatic N) is 2. The summed E-state index contributed by atoms with van der Waals surface area (Å²) in [4.78, 5) is 2.38. The normalized spacial score (nSPS) is 19.1. The van der Waals surface area contributed by atoms with Crippen LogP contribution in [0.1, 0.15) is 45.4 Å². The van der Waals surface area contributed by atoms with Crippen LogP contribution in [0.15, 0.2) is 5.16 Å². The van der Waals surface area contributed by atoms with Crippen molar-refractivity contribution in [3.8, 4) is 0 Å². The molecule has 0 spiro atoms. The second-order valence-corrected chi connectivity index (χ2v) is 5.21. The van der Waals surface area contributed by atoms with Crippen LogP contribution in [0.25, 0.3) is 0 Å². The van der Waals surface area contributed by atoms with E-state index in [0.717, 1.165) is 19.5 Å². The van der Waals surface area contributed by atoms with Crippen molar-refractivity contribution in [3.05, 3.63) is 0 Å². The Kier molecular flexibility index (Phi) is 5.06. The maximum Gasteiger partial charge on any atom is 0.139 e. The van der Waals surface area contributed by atoms with Gasteiger partial charge in [-0.15, -0.1) is 0 Å². The number of hydrogen-bond donors (Lipinski definition) is 2. The highest BCUT2D eigenvalue weighted by molar-refractivity contribution is 5.80. The molecular weight excluding hydrogens is 202 g/mol. The van der Waals surface area contributed by atoms with Gasteiger partial charge in [0.2, 0.25) is 0 Å². The average molecular weight is 227 g/mol. The first-order valence-corrected chi connectivity index (χ1v) is 6.27. The molecule has 1 fully saturated rings. The number of oxime groups is 1. The van der Waals surface area contributed by atoms with Crippen molar-refractivity contribution < 1.29 is 5.21 Å². The van der Waals surface area contributed by atoms with Crippen molar-refractivity contribution in [1.29, 1.82) is 0 Å². The van der Waals surface area contributed by atoms with Crippen LogP contribution in [0.2, 0.25) is 0 Å². The molecule has 0 atom stereocenters. The van der Waals surface area contributed by atoms with Gasteiger partial charge in [0.15, 0.2) is 0 Å². The number of amidine groups is 1. The Morgan fingerprint density at radius 2 is 2.12 bits per heavy atom. The smallest absolute Gasteiger partial charge is 0.139 e. The molecule has 0 saturated heterocycles. The van der Waals surface area contributed by atoms with Crippen LogP contribution >= 0.6 is 0 Å². The summed E-state index contributed by atoms with van der Waals surface area (Å²) in [7, 11) is 2.17. The van der Waals surface area contributed by atoms with Crippen LogP contribution in [0.4, 0.5) is 0 Å². The van der Waals surface area contributed by atoms with Crippen molar-refractivity contribution in [2.45, 2.75) is 45.4 Å². The Hall–Kier alpha value is -0.770. The van der Waals surface area contributed by atoms with E-state index in [-0.39, 0.29) is 0 Å². The average Bonchev–Trinajstić information content (AvgIpc) is 2.98. The second-order valence-electron chi connectivity index (χ2n) is 5.21. The maximum atomic E-state index is 8.58. The first kappa shape index (κ1) is 13.3. The Bertz CT molecular complexity index is 236. The van der Waals surface area contributed by atoms with Gasteiger partial charge in [0.1, 0.15) is 5.84 Å². The molecule has 94 valence electrons. The molecule has 0 aromatic rings. The summed E-state index contributed by atoms with van der Waals surface area (Å²) >= 11 is 0. The molecule has 0 radical (unpaired) electrons. The summed E-state index contributed by atoms with van der Waals surface area (Å²) in [5.41, 5.74) is 5.88. The first-order chi connectivity index (χ1) is 7.62. The Labute approximate surface area is 98.5 Å². The van der Waals surface area contributed by atoms with E-state index in [1.807, 2.05) is 0 Å². The highest BCUT2D eigenvalue weighted by Gasteiger charge is 2.43. The van der Waals surface area contributed by atoms with Gasteiger partial charge >= 0.3 is 0 Å². The molecule has 4 nitrogen and oxygen atoms in total. The van der Waals surface area contributed by atoms with Crippen LogP contribution in [0.5, 0.6) is 0 Å². The SMILES string of the molecule is CCCCCN(C)CC1(CC(N)=NO)CC1. The molecular formula is C12H25N3O. The third-order valence-corrected chi connectivity index (χ3v) is 3.39. The minimum absolute atomic E-state index is 0.303. The van der Waals surface area contributed by atoms with Gasteiger partial charge in [-0.3, -0.25) is 0 Å². The van der Waals surface area contributed by atoms with Gasteiger partial charge in [0, 0.05) is 13.0 Å². The molecule has 1 aliphatic rings. The van der Waals surface area contributed by atoms with Crippen molar-refractivity contribution in [2.75, 3.05) is 20.1 Å². The van der Waals surface area contributed by atoms with Crippen molar-refractivity contribution >= 4 is 5.84 Å². The minimum Gasteiger partial charge on any atom is -0.409 e. The quantitative estimate of drug-likeness (QED) is 0.219. The van der Waals surface area contributed by atoms with E-state index in [0.29, 0.717) is 11.3 Å². The maximum absolute atomic E-state index is 8.58. The van der Waals surface area contributed by atoms with Gasteiger partial charge in [-0.05, 0) is 38.3 Å². The Morgan fingerprint density at radius 3 is 2.62 bits per heavy atom. The van der Waals surface area contributed by atoms with Crippen molar-refractivity contribution in [2.24, 2.45) is 16.3 Å². The third kappa shape index (κ3) is 4.39. The summed E-state index contributed by atoms with van der Waals surface area (Å²) in [5, 5.41) is 11.7. The number of nitrogens with two attached hydrogens (primary N) is 1. The number of hydrogen-bond acceptors (Lipinski definition) is 3. The zero-order chi connectivity index (χ0) is 12.0. The lowest BCUT2D eigenvalue weighted by atomic mass is 10.0. The van der Waals surface area contributed by atoms with E-state index < -0.39 is 0 Å². The zero-order valence-corrected chi connectivity index (χ0v) is 10.6. The number of rotatable bonds is 8. The fraction of sp³-hybridized carbons (Fsp3) is 0.917. The lowest BCUT2D eigenvalue weighted by molar-refractivity contribution is 0.258. The highest BCUT2D eigenvalue weighted by Crippen LogP contribution is 2.49. The minimum atomic E-state index is 0.303. The summed E-state index contributed by atoms with van der Waals surface area (Å²) in [5.74, 6) is 0.374. The fourth-order valence-electron chi connectivity index (χ4n) is 2.27. The molecule has 4 heteroatoms. The largest absolute Gasteiger partial charge is 0.409 e. The van der Waals surface area contributed by atoms with Crippen LogP contribution < -0.4 is 5.73 Å². The van der Waals surface area contributed by atoms with Gasteiger partial charge in [0.05, 0.1) is 0 Å². The molecule has 0 aromatic carbocycles. The first-order valence-electron chi connectivity index (χ1n) is 6.27. The number of unbranched alkanes of at least 4 members (excludes halogenated alkanes) is 2. The van der Waals surface area contributed by atoms with E-state index in [9.17, 15) is 0 Å². The Balaban J connectivity index is 2.24. The van der Waals surface area contributed by atoms with E-state index in [2.05, 4.69) is 24.0 Å². The second kappa shape index (κ2) is 6.09. The van der Waals surface area contributed by atoms with E-state index in [1.54, 1.807) is 0 Å². The fourth-order valence-corrected chi connectivity index (χ4v) is 2.27. The van der Waals surface area contributed by atoms with Gasteiger partial charge in [-0.1, -0.05) is 24.9 Å². The topological polar surface area (TPSA) is 61.8 Å². The summed E-state index contributed by atoms with van der Waals surface area (Å²) in [6.07, 6.45) is 7.00. The molecule has 1 rings (SSSR count). The van der Waals surface area contributed by atoms with Crippen LogP contribution in [-0.2, 0) is 0 Å². The van der Waals surface area contributed by atoms with E-state index >= 15 is 0 Å². The molecule has 1 saturated carbocycles. The lowest BCUT2D eigenvalue weighted by Gasteiger charge is -2.23. The molecule has 0 heterocycles. The van der Waals surface area contributed by atoms with Gasteiger partial charge in [0.25, 0.3) is 0 Å². The predicted molar refractivity (Wildman–Crippen MR) is 66.7 cm³/mol. The van der Waals surface area contributed by atoms with Gasteiger partial charge in [-0.2, -0.15) is 0 Å². The molecule has 0 aliphatic heterocycles. The molecule has 0 amide bonds. The van der Waals surface area contributed by atoms with Crippen molar-refractivity contribution in [1.82, 2.24) is 4.90 Å². The van der Waals surface area contributed by atoms with E-state index in [1.165, 1.54) is 32.1 Å². The van der Waals surface area contributed by atoms with Gasteiger partial charge < -0.3 is 15.8 Å². The van der Waals surface area contributed by atoms with Crippen molar-refractivity contribution in [3.63, 3.8) is 0 Å². The highest BCUT2D eigenvalue weighted by atomic mass is 16.4. The molecule has 1 aliphatic carbocycles. The molecule has 0 aromatic heterocycles. The van der Waals surface area contributed by atoms with Crippen LogP contribution in [0.3, 0.4) is 0 Å². The summed E-state index contributed by atoms with van der Waals surface area (Å²) in [6, 6.07) is 0. The van der Waals surface area contributed by atoms with E-state index in [4.69, 9.17) is 10.9 Å². The summed E-state index contributed by atoms with van der Waals surface area (Å²) < 4.78 is 0. The van der Waals surface area contributed by atoms with Crippen LogP contribution in [-0.4, -0.2) is 36.1 Å². The standard InChI is InChI=1S/C12H25N3O/c1-3-4-5-8-15(2)10-12(6-7-12)9-11(13)14-16/h16H,3-10H2,1-2H3,(H2,13,14). The third-order valence-electron chi connectivity index (χ3n) is 3.39. The molecule has 3 N–H and O–H groups in total. The molecule has 0 bridgehead atoms. The zero-order valence-electron chi connectivity index (χ0n) is 10.6. The van der Waals surface area contributed by atoms with Crippen LogP contribution in [0, 0.1) is 5.41 Å².